The highest BCUT2D eigenvalue weighted by atomic mass is 79.9. The molecule has 1 aromatic carbocycles. The van der Waals surface area contributed by atoms with Gasteiger partial charge in [-0.15, -0.1) is 0 Å². The minimum absolute atomic E-state index is 0.145. The van der Waals surface area contributed by atoms with Crippen molar-refractivity contribution in [2.45, 2.75) is 6.42 Å². The molecular weight excluding hydrogens is 230 g/mol. The molecule has 4 heteroatoms. The van der Waals surface area contributed by atoms with Gasteiger partial charge in [0.2, 0.25) is 0 Å². The first-order chi connectivity index (χ1) is 6.20. The van der Waals surface area contributed by atoms with Crippen LogP contribution in [0.15, 0.2) is 33.7 Å². The van der Waals surface area contributed by atoms with Crippen LogP contribution in [0.2, 0.25) is 0 Å². The van der Waals surface area contributed by atoms with Crippen LogP contribution in [0, 0.1) is 0 Å². The first kappa shape index (κ1) is 10.1. The number of benzene rings is 1. The van der Waals surface area contributed by atoms with E-state index >= 15 is 0 Å². The van der Waals surface area contributed by atoms with Gasteiger partial charge in [-0.3, -0.25) is 4.99 Å². The summed E-state index contributed by atoms with van der Waals surface area (Å²) < 4.78 is 1.10. The molecule has 0 aliphatic rings. The van der Waals surface area contributed by atoms with Crippen LogP contribution in [0.1, 0.15) is 5.56 Å². The van der Waals surface area contributed by atoms with Crippen molar-refractivity contribution >= 4 is 21.9 Å². The number of hydrogen-bond acceptors (Lipinski definition) is 1. The summed E-state index contributed by atoms with van der Waals surface area (Å²) in [6, 6.07) is 8.03. The summed E-state index contributed by atoms with van der Waals surface area (Å²) in [5.74, 6) is 0.145. The number of nitrogens with zero attached hydrogens (tertiary/aromatic N) is 1. The molecule has 0 aliphatic carbocycles. The zero-order valence-corrected chi connectivity index (χ0v) is 8.79. The van der Waals surface area contributed by atoms with Crippen molar-refractivity contribution in [1.82, 2.24) is 0 Å². The molecule has 3 nitrogen and oxygen atoms in total. The highest BCUT2D eigenvalue weighted by Gasteiger charge is 1.96. The normalized spacial score (nSPS) is 9.62. The molecule has 0 atom stereocenters. The van der Waals surface area contributed by atoms with Gasteiger partial charge in [-0.2, -0.15) is 0 Å². The van der Waals surface area contributed by atoms with Gasteiger partial charge in [0.25, 0.3) is 0 Å². The van der Waals surface area contributed by atoms with E-state index in [-0.39, 0.29) is 5.96 Å². The van der Waals surface area contributed by atoms with Gasteiger partial charge in [-0.25, -0.2) is 0 Å². The first-order valence-corrected chi connectivity index (χ1v) is 4.78. The maximum Gasteiger partial charge on any atom is 0.185 e. The average Bonchev–Trinajstić information content (AvgIpc) is 2.08. The summed E-state index contributed by atoms with van der Waals surface area (Å²) in [5, 5.41) is 0. The molecule has 1 rings (SSSR count). The fraction of sp³-hybridized carbons (Fsp3) is 0.222. The number of nitrogens with two attached hydrogens (primary N) is 2. The average molecular weight is 242 g/mol. The molecule has 0 radical (unpaired) electrons. The van der Waals surface area contributed by atoms with Crippen molar-refractivity contribution < 1.29 is 0 Å². The van der Waals surface area contributed by atoms with E-state index < -0.39 is 0 Å². The second kappa shape index (κ2) is 4.87. The molecule has 0 aromatic heterocycles. The Morgan fingerprint density at radius 3 is 2.62 bits per heavy atom. The molecule has 0 fully saturated rings. The van der Waals surface area contributed by atoms with E-state index in [1.54, 1.807) is 0 Å². The highest BCUT2D eigenvalue weighted by Crippen LogP contribution is 2.15. The van der Waals surface area contributed by atoms with Gasteiger partial charge in [-0.1, -0.05) is 34.1 Å². The first-order valence-electron chi connectivity index (χ1n) is 3.99. The Labute approximate surface area is 86.0 Å². The Kier molecular flexibility index (Phi) is 3.76. The third kappa shape index (κ3) is 3.46. The number of aliphatic imine (C=N–C) groups is 1. The van der Waals surface area contributed by atoms with Crippen LogP contribution in [0.4, 0.5) is 0 Å². The number of rotatable bonds is 3. The quantitative estimate of drug-likeness (QED) is 0.619. The Balaban J connectivity index is 2.55. The van der Waals surface area contributed by atoms with Gasteiger partial charge in [-0.05, 0) is 18.1 Å². The zero-order chi connectivity index (χ0) is 9.68. The van der Waals surface area contributed by atoms with Crippen LogP contribution in [-0.2, 0) is 6.42 Å². The van der Waals surface area contributed by atoms with E-state index in [1.807, 2.05) is 24.3 Å². The second-order valence-electron chi connectivity index (χ2n) is 2.65. The molecular formula is C9H12BrN3. The standard InChI is InChI=1S/C9H12BrN3/c10-8-4-2-1-3-7(8)5-6-13-9(11)12/h1-4H,5-6H2,(H4,11,12,13). The summed E-state index contributed by atoms with van der Waals surface area (Å²) in [7, 11) is 0. The maximum atomic E-state index is 5.21. The van der Waals surface area contributed by atoms with Gasteiger partial charge in [0.15, 0.2) is 5.96 Å². The summed E-state index contributed by atoms with van der Waals surface area (Å²) in [5.41, 5.74) is 11.6. The molecule has 0 amide bonds. The fourth-order valence-electron chi connectivity index (χ4n) is 1.01. The van der Waals surface area contributed by atoms with Crippen molar-refractivity contribution in [3.8, 4) is 0 Å². The van der Waals surface area contributed by atoms with E-state index in [4.69, 9.17) is 11.5 Å². The third-order valence-corrected chi connectivity index (χ3v) is 2.41. The van der Waals surface area contributed by atoms with E-state index in [0.717, 1.165) is 10.9 Å². The smallest absolute Gasteiger partial charge is 0.185 e. The van der Waals surface area contributed by atoms with Crippen LogP contribution < -0.4 is 11.5 Å². The topological polar surface area (TPSA) is 64.4 Å². The predicted molar refractivity (Wildman–Crippen MR) is 58.5 cm³/mol. The van der Waals surface area contributed by atoms with Crippen molar-refractivity contribution in [3.05, 3.63) is 34.3 Å². The Morgan fingerprint density at radius 2 is 2.00 bits per heavy atom. The molecule has 70 valence electrons. The Bertz CT molecular complexity index is 305. The van der Waals surface area contributed by atoms with Gasteiger partial charge >= 0.3 is 0 Å². The van der Waals surface area contributed by atoms with Gasteiger partial charge in [0, 0.05) is 11.0 Å². The minimum atomic E-state index is 0.145. The lowest BCUT2D eigenvalue weighted by Gasteiger charge is -2.00. The van der Waals surface area contributed by atoms with E-state index in [2.05, 4.69) is 20.9 Å². The minimum Gasteiger partial charge on any atom is -0.370 e. The SMILES string of the molecule is NC(N)=NCCc1ccccc1Br. The lowest BCUT2D eigenvalue weighted by atomic mass is 10.2. The van der Waals surface area contributed by atoms with Crippen LogP contribution in [0.3, 0.4) is 0 Å². The molecule has 4 N–H and O–H groups in total. The number of hydrogen-bond donors (Lipinski definition) is 2. The molecule has 0 aliphatic heterocycles. The van der Waals surface area contributed by atoms with Crippen molar-refractivity contribution in [2.24, 2.45) is 16.5 Å². The molecule has 0 spiro atoms. The van der Waals surface area contributed by atoms with Crippen molar-refractivity contribution in [3.63, 3.8) is 0 Å². The molecule has 0 saturated heterocycles. The lowest BCUT2D eigenvalue weighted by molar-refractivity contribution is 0.957. The van der Waals surface area contributed by atoms with Crippen LogP contribution in [0.5, 0.6) is 0 Å². The maximum absolute atomic E-state index is 5.21. The van der Waals surface area contributed by atoms with Crippen molar-refractivity contribution in [1.29, 1.82) is 0 Å². The predicted octanol–water partition coefficient (Wildman–Crippen LogP) is 1.27. The van der Waals surface area contributed by atoms with E-state index in [9.17, 15) is 0 Å². The van der Waals surface area contributed by atoms with Gasteiger partial charge in [0.1, 0.15) is 0 Å². The largest absolute Gasteiger partial charge is 0.370 e. The summed E-state index contributed by atoms with van der Waals surface area (Å²) in [4.78, 5) is 3.91. The monoisotopic (exact) mass is 241 g/mol. The van der Waals surface area contributed by atoms with Crippen LogP contribution in [0.25, 0.3) is 0 Å². The van der Waals surface area contributed by atoms with Crippen molar-refractivity contribution in [2.75, 3.05) is 6.54 Å². The Morgan fingerprint density at radius 1 is 1.31 bits per heavy atom. The fourth-order valence-corrected chi connectivity index (χ4v) is 1.49. The molecule has 0 unspecified atom stereocenters. The highest BCUT2D eigenvalue weighted by molar-refractivity contribution is 9.10. The van der Waals surface area contributed by atoms with E-state index in [1.165, 1.54) is 5.56 Å². The van der Waals surface area contributed by atoms with Gasteiger partial charge in [0.05, 0.1) is 0 Å². The summed E-state index contributed by atoms with van der Waals surface area (Å²) in [6.45, 7) is 0.630. The van der Waals surface area contributed by atoms with Crippen LogP contribution in [-0.4, -0.2) is 12.5 Å². The van der Waals surface area contributed by atoms with Crippen LogP contribution >= 0.6 is 15.9 Å². The lowest BCUT2D eigenvalue weighted by Crippen LogP contribution is -2.23. The molecule has 0 saturated carbocycles. The van der Waals surface area contributed by atoms with Gasteiger partial charge < -0.3 is 11.5 Å². The summed E-state index contributed by atoms with van der Waals surface area (Å²) >= 11 is 3.45. The molecule has 13 heavy (non-hydrogen) atoms. The Hall–Kier alpha value is -1.03. The molecule has 0 bridgehead atoms. The van der Waals surface area contributed by atoms with E-state index in [0.29, 0.717) is 6.54 Å². The second-order valence-corrected chi connectivity index (χ2v) is 3.50. The molecule has 1 aromatic rings. The zero-order valence-electron chi connectivity index (χ0n) is 7.20. The number of guanidine groups is 1. The molecule has 0 heterocycles. The number of halogens is 1. The third-order valence-electron chi connectivity index (χ3n) is 1.63. The summed E-state index contributed by atoms with van der Waals surface area (Å²) in [6.07, 6.45) is 0.847.